The molecule has 0 fully saturated rings. The molecule has 0 aromatic carbocycles. The summed E-state index contributed by atoms with van der Waals surface area (Å²) in [5.41, 5.74) is 4.40. The first-order chi connectivity index (χ1) is 6.99. The number of nitrogens with zero attached hydrogens (tertiary/aromatic N) is 1. The topological polar surface area (TPSA) is 65.2 Å². The van der Waals surface area contributed by atoms with Gasteiger partial charge in [0.05, 0.1) is 30.1 Å². The molecule has 1 heterocycles. The van der Waals surface area contributed by atoms with Gasteiger partial charge in [0.1, 0.15) is 5.75 Å². The van der Waals surface area contributed by atoms with E-state index >= 15 is 0 Å². The number of rotatable bonds is 3. The smallest absolute Gasteiger partial charge is 0.268 e. The number of pyridine rings is 1. The molecule has 0 radical (unpaired) electrons. The van der Waals surface area contributed by atoms with Crippen LogP contribution in [0.25, 0.3) is 0 Å². The first-order valence-electron chi connectivity index (χ1n) is 4.10. The molecule has 1 rings (SSSR count). The number of primary amides is 1. The fourth-order valence-electron chi connectivity index (χ4n) is 1.30. The summed E-state index contributed by atoms with van der Waals surface area (Å²) >= 11 is 0. The van der Waals surface area contributed by atoms with E-state index < -0.39 is 17.9 Å². The van der Waals surface area contributed by atoms with Gasteiger partial charge in [0.2, 0.25) is 0 Å². The van der Waals surface area contributed by atoms with Crippen molar-refractivity contribution >= 4 is 5.91 Å². The van der Waals surface area contributed by atoms with Crippen molar-refractivity contribution in [3.8, 4) is 5.75 Å². The SMILES string of the molecule is COc1cnc(C)c(C(N)=O)c1C(F)F. The normalized spacial score (nSPS) is 10.5. The maximum atomic E-state index is 12.7. The molecule has 0 saturated heterocycles. The monoisotopic (exact) mass is 216 g/mol. The van der Waals surface area contributed by atoms with Crippen molar-refractivity contribution in [3.63, 3.8) is 0 Å². The average Bonchev–Trinajstić information content (AvgIpc) is 2.16. The lowest BCUT2D eigenvalue weighted by molar-refractivity contribution is 0.0982. The molecule has 15 heavy (non-hydrogen) atoms. The van der Waals surface area contributed by atoms with Gasteiger partial charge < -0.3 is 10.5 Å². The van der Waals surface area contributed by atoms with Gasteiger partial charge in [0.25, 0.3) is 12.3 Å². The zero-order valence-electron chi connectivity index (χ0n) is 8.25. The van der Waals surface area contributed by atoms with Crippen molar-refractivity contribution in [3.05, 3.63) is 23.0 Å². The summed E-state index contributed by atoms with van der Waals surface area (Å²) in [6, 6.07) is 0. The molecule has 0 saturated carbocycles. The number of carbonyl (C=O) groups is 1. The molecule has 0 aliphatic rings. The predicted octanol–water partition coefficient (Wildman–Crippen LogP) is 1.44. The van der Waals surface area contributed by atoms with Crippen LogP contribution in [0, 0.1) is 6.92 Å². The zero-order valence-corrected chi connectivity index (χ0v) is 8.25. The molecule has 1 aromatic heterocycles. The van der Waals surface area contributed by atoms with Crippen molar-refractivity contribution < 1.29 is 18.3 Å². The number of halogens is 2. The summed E-state index contributed by atoms with van der Waals surface area (Å²) in [7, 11) is 1.23. The summed E-state index contributed by atoms with van der Waals surface area (Å²) in [4.78, 5) is 14.8. The number of methoxy groups -OCH3 is 1. The summed E-state index contributed by atoms with van der Waals surface area (Å²) in [5.74, 6) is -1.07. The van der Waals surface area contributed by atoms with Crippen LogP contribution in [0.15, 0.2) is 6.20 Å². The molecular weight excluding hydrogens is 206 g/mol. The quantitative estimate of drug-likeness (QED) is 0.831. The van der Waals surface area contributed by atoms with Gasteiger partial charge in [0, 0.05) is 0 Å². The molecule has 0 unspecified atom stereocenters. The van der Waals surface area contributed by atoms with Crippen LogP contribution >= 0.6 is 0 Å². The molecule has 4 nitrogen and oxygen atoms in total. The highest BCUT2D eigenvalue weighted by Crippen LogP contribution is 2.32. The molecule has 0 aliphatic heterocycles. The number of aryl methyl sites for hydroxylation is 1. The maximum absolute atomic E-state index is 12.7. The number of hydrogen-bond donors (Lipinski definition) is 1. The van der Waals surface area contributed by atoms with Crippen LogP contribution in [0.2, 0.25) is 0 Å². The summed E-state index contributed by atoms with van der Waals surface area (Å²) in [6.45, 7) is 1.44. The van der Waals surface area contributed by atoms with E-state index in [0.717, 1.165) is 6.20 Å². The van der Waals surface area contributed by atoms with Crippen molar-refractivity contribution in [2.45, 2.75) is 13.3 Å². The molecule has 0 spiro atoms. The minimum absolute atomic E-state index is 0.135. The van der Waals surface area contributed by atoms with Crippen LogP contribution in [0.5, 0.6) is 5.75 Å². The first kappa shape index (κ1) is 11.4. The highest BCUT2D eigenvalue weighted by molar-refractivity contribution is 5.96. The van der Waals surface area contributed by atoms with Crippen molar-refractivity contribution in [2.24, 2.45) is 5.73 Å². The Balaban J connectivity index is 3.51. The third kappa shape index (κ3) is 2.03. The molecule has 0 bridgehead atoms. The maximum Gasteiger partial charge on any atom is 0.268 e. The molecular formula is C9H10F2N2O2. The van der Waals surface area contributed by atoms with Crippen LogP contribution in [0.4, 0.5) is 8.78 Å². The lowest BCUT2D eigenvalue weighted by atomic mass is 10.1. The van der Waals surface area contributed by atoms with E-state index in [-0.39, 0.29) is 17.0 Å². The summed E-state index contributed by atoms with van der Waals surface area (Å²) < 4.78 is 30.1. The summed E-state index contributed by atoms with van der Waals surface area (Å²) in [5, 5.41) is 0. The molecule has 2 N–H and O–H groups in total. The predicted molar refractivity (Wildman–Crippen MR) is 49.0 cm³/mol. The fourth-order valence-corrected chi connectivity index (χ4v) is 1.30. The first-order valence-corrected chi connectivity index (χ1v) is 4.10. The van der Waals surface area contributed by atoms with Gasteiger partial charge in [-0.05, 0) is 6.92 Å². The number of aromatic nitrogens is 1. The van der Waals surface area contributed by atoms with Crippen LogP contribution in [0.3, 0.4) is 0 Å². The van der Waals surface area contributed by atoms with E-state index in [1.165, 1.54) is 14.0 Å². The molecule has 0 aliphatic carbocycles. The van der Waals surface area contributed by atoms with Crippen molar-refractivity contribution in [1.82, 2.24) is 4.98 Å². The molecule has 6 heteroatoms. The van der Waals surface area contributed by atoms with Crippen LogP contribution in [-0.4, -0.2) is 18.0 Å². The molecule has 82 valence electrons. The highest BCUT2D eigenvalue weighted by atomic mass is 19.3. The van der Waals surface area contributed by atoms with Gasteiger partial charge in [-0.1, -0.05) is 0 Å². The highest BCUT2D eigenvalue weighted by Gasteiger charge is 2.24. The van der Waals surface area contributed by atoms with Gasteiger partial charge >= 0.3 is 0 Å². The van der Waals surface area contributed by atoms with Crippen molar-refractivity contribution in [1.29, 1.82) is 0 Å². The van der Waals surface area contributed by atoms with E-state index in [0.29, 0.717) is 0 Å². The minimum Gasteiger partial charge on any atom is -0.495 e. The number of carbonyl (C=O) groups excluding carboxylic acids is 1. The van der Waals surface area contributed by atoms with E-state index in [4.69, 9.17) is 10.5 Å². The van der Waals surface area contributed by atoms with Gasteiger partial charge in [0.15, 0.2) is 0 Å². The van der Waals surface area contributed by atoms with Gasteiger partial charge in [-0.15, -0.1) is 0 Å². The number of nitrogens with two attached hydrogens (primary N) is 1. The van der Waals surface area contributed by atoms with E-state index in [1.807, 2.05) is 0 Å². The largest absolute Gasteiger partial charge is 0.495 e. The second kappa shape index (κ2) is 4.20. The lowest BCUT2D eigenvalue weighted by Gasteiger charge is -2.12. The molecule has 1 amide bonds. The third-order valence-electron chi connectivity index (χ3n) is 1.96. The Morgan fingerprint density at radius 2 is 2.20 bits per heavy atom. The van der Waals surface area contributed by atoms with E-state index in [2.05, 4.69) is 4.98 Å². The van der Waals surface area contributed by atoms with Crippen LogP contribution in [0.1, 0.15) is 28.0 Å². The molecule has 1 aromatic rings. The number of hydrogen-bond acceptors (Lipinski definition) is 3. The Bertz CT molecular complexity index is 394. The Morgan fingerprint density at radius 1 is 1.60 bits per heavy atom. The van der Waals surface area contributed by atoms with Crippen molar-refractivity contribution in [2.75, 3.05) is 7.11 Å². The number of alkyl halides is 2. The number of amides is 1. The van der Waals surface area contributed by atoms with Gasteiger partial charge in [-0.3, -0.25) is 9.78 Å². The zero-order chi connectivity index (χ0) is 11.6. The standard InChI is InChI=1S/C9H10F2N2O2/c1-4-6(9(12)14)7(8(10)11)5(15-2)3-13-4/h3,8H,1-2H3,(H2,12,14). The Morgan fingerprint density at radius 3 is 2.60 bits per heavy atom. The third-order valence-corrected chi connectivity index (χ3v) is 1.96. The second-order valence-corrected chi connectivity index (χ2v) is 2.87. The summed E-state index contributed by atoms with van der Waals surface area (Å²) in [6.07, 6.45) is -1.69. The van der Waals surface area contributed by atoms with Crippen LogP contribution in [-0.2, 0) is 0 Å². The Hall–Kier alpha value is -1.72. The van der Waals surface area contributed by atoms with Gasteiger partial charge in [-0.2, -0.15) is 0 Å². The number of ether oxygens (including phenoxy) is 1. The van der Waals surface area contributed by atoms with E-state index in [9.17, 15) is 13.6 Å². The van der Waals surface area contributed by atoms with E-state index in [1.54, 1.807) is 0 Å². The van der Waals surface area contributed by atoms with Gasteiger partial charge in [-0.25, -0.2) is 8.78 Å². The fraction of sp³-hybridized carbons (Fsp3) is 0.333. The second-order valence-electron chi connectivity index (χ2n) is 2.87. The average molecular weight is 216 g/mol. The minimum atomic E-state index is -2.83. The molecule has 0 atom stereocenters. The Kier molecular flexibility index (Phi) is 3.18. The lowest BCUT2D eigenvalue weighted by Crippen LogP contribution is -2.17. The van der Waals surface area contributed by atoms with Crippen LogP contribution < -0.4 is 10.5 Å². The Labute approximate surface area is 85.1 Å².